The van der Waals surface area contributed by atoms with Gasteiger partial charge in [-0.1, -0.05) is 13.0 Å². The molecule has 0 saturated heterocycles. The molecular weight excluding hydrogens is 151 g/mol. The van der Waals surface area contributed by atoms with Crippen LogP contribution < -0.4 is 0 Å². The molecule has 0 aliphatic heterocycles. The summed E-state index contributed by atoms with van der Waals surface area (Å²) in [5, 5.41) is 17.4. The predicted octanol–water partition coefficient (Wildman–Crippen LogP) is 0.736. The molecule has 0 radical (unpaired) electrons. The summed E-state index contributed by atoms with van der Waals surface area (Å²) >= 11 is 0. The molecule has 0 aliphatic rings. The van der Waals surface area contributed by atoms with E-state index in [1.165, 1.54) is 6.92 Å². The fraction of sp³-hybridized carbons (Fsp3) is 0.571. The second kappa shape index (κ2) is 3.48. The Morgan fingerprint density at radius 2 is 2.36 bits per heavy atom. The van der Waals surface area contributed by atoms with Crippen LogP contribution in [-0.4, -0.2) is 28.0 Å². The van der Waals surface area contributed by atoms with Crippen LogP contribution in [0.4, 0.5) is 4.39 Å². The van der Waals surface area contributed by atoms with Gasteiger partial charge in [-0.3, -0.25) is 0 Å². The maximum Gasteiger partial charge on any atom is 0.341 e. The number of aliphatic hydroxyl groups is 1. The zero-order valence-electron chi connectivity index (χ0n) is 6.25. The van der Waals surface area contributed by atoms with E-state index in [-0.39, 0.29) is 6.42 Å². The van der Waals surface area contributed by atoms with Crippen LogP contribution in [-0.2, 0) is 4.79 Å². The van der Waals surface area contributed by atoms with Crippen molar-refractivity contribution in [3.05, 3.63) is 12.7 Å². The van der Waals surface area contributed by atoms with Gasteiger partial charge in [-0.25, -0.2) is 9.18 Å². The monoisotopic (exact) mass is 162 g/mol. The molecule has 0 amide bonds. The third-order valence-electron chi connectivity index (χ3n) is 1.58. The van der Waals surface area contributed by atoms with Gasteiger partial charge in [-0.05, 0) is 6.42 Å². The van der Waals surface area contributed by atoms with Gasteiger partial charge in [-0.15, -0.1) is 6.58 Å². The first-order valence-electron chi connectivity index (χ1n) is 3.20. The highest BCUT2D eigenvalue weighted by molar-refractivity contribution is 5.74. The minimum atomic E-state index is -2.30. The molecule has 0 spiro atoms. The van der Waals surface area contributed by atoms with E-state index in [1.54, 1.807) is 0 Å². The molecule has 3 nitrogen and oxygen atoms in total. The van der Waals surface area contributed by atoms with Gasteiger partial charge >= 0.3 is 5.97 Å². The Balaban J connectivity index is 4.49. The van der Waals surface area contributed by atoms with Crippen LogP contribution in [0, 0.1) is 0 Å². The molecular formula is C7H11FO3. The van der Waals surface area contributed by atoms with Gasteiger partial charge in [0, 0.05) is 0 Å². The highest BCUT2D eigenvalue weighted by Crippen LogP contribution is 2.19. The molecule has 0 saturated carbocycles. The highest BCUT2D eigenvalue weighted by atomic mass is 19.1. The van der Waals surface area contributed by atoms with Crippen LogP contribution in [0.5, 0.6) is 0 Å². The van der Waals surface area contributed by atoms with E-state index in [4.69, 9.17) is 5.11 Å². The van der Waals surface area contributed by atoms with Crippen LogP contribution in [0.3, 0.4) is 0 Å². The van der Waals surface area contributed by atoms with Crippen molar-refractivity contribution in [2.45, 2.75) is 25.1 Å². The standard InChI is InChI=1S/C7H11FO3/c1-3-7(11,4-2)5(8)6(9)10/h3,5,11H,1,4H2,2H3,(H,9,10). The van der Waals surface area contributed by atoms with Crippen molar-refractivity contribution >= 4 is 5.97 Å². The van der Waals surface area contributed by atoms with Crippen molar-refractivity contribution in [1.29, 1.82) is 0 Å². The zero-order valence-corrected chi connectivity index (χ0v) is 6.25. The van der Waals surface area contributed by atoms with Crippen molar-refractivity contribution in [3.63, 3.8) is 0 Å². The molecule has 0 aliphatic carbocycles. The fourth-order valence-corrected chi connectivity index (χ4v) is 0.641. The SMILES string of the molecule is C=CC(O)(CC)C(F)C(=O)O. The third kappa shape index (κ3) is 2.01. The van der Waals surface area contributed by atoms with Crippen molar-refractivity contribution < 1.29 is 19.4 Å². The summed E-state index contributed by atoms with van der Waals surface area (Å²) in [4.78, 5) is 10.1. The Hall–Kier alpha value is -0.900. The van der Waals surface area contributed by atoms with E-state index in [0.717, 1.165) is 6.08 Å². The number of alkyl halides is 1. The van der Waals surface area contributed by atoms with Gasteiger partial charge < -0.3 is 10.2 Å². The van der Waals surface area contributed by atoms with E-state index in [0.29, 0.717) is 0 Å². The smallest absolute Gasteiger partial charge is 0.341 e. The summed E-state index contributed by atoms with van der Waals surface area (Å²) in [6.45, 7) is 4.64. The van der Waals surface area contributed by atoms with Crippen molar-refractivity contribution in [2.24, 2.45) is 0 Å². The molecule has 64 valence electrons. The lowest BCUT2D eigenvalue weighted by molar-refractivity contribution is -0.151. The van der Waals surface area contributed by atoms with Crippen LogP contribution in [0.15, 0.2) is 12.7 Å². The third-order valence-corrected chi connectivity index (χ3v) is 1.58. The summed E-state index contributed by atoms with van der Waals surface area (Å²) in [6.07, 6.45) is -1.40. The molecule has 0 aromatic rings. The summed E-state index contributed by atoms with van der Waals surface area (Å²) in [5.74, 6) is -1.67. The Bertz CT molecular complexity index is 169. The Kier molecular flexibility index (Phi) is 3.19. The second-order valence-corrected chi connectivity index (χ2v) is 2.25. The highest BCUT2D eigenvalue weighted by Gasteiger charge is 2.37. The molecule has 4 heteroatoms. The summed E-state index contributed by atoms with van der Waals surface area (Å²) in [7, 11) is 0. The quantitative estimate of drug-likeness (QED) is 0.599. The molecule has 2 unspecified atom stereocenters. The summed E-state index contributed by atoms with van der Waals surface area (Å²) in [5.41, 5.74) is -1.94. The van der Waals surface area contributed by atoms with Crippen LogP contribution in [0.2, 0.25) is 0 Å². The second-order valence-electron chi connectivity index (χ2n) is 2.25. The first kappa shape index (κ1) is 10.1. The van der Waals surface area contributed by atoms with Crippen molar-refractivity contribution in [1.82, 2.24) is 0 Å². The largest absolute Gasteiger partial charge is 0.479 e. The normalized spacial score (nSPS) is 18.5. The molecule has 0 aromatic carbocycles. The Labute approximate surface area is 64.2 Å². The summed E-state index contributed by atoms with van der Waals surface area (Å²) < 4.78 is 12.7. The average Bonchev–Trinajstić information content (AvgIpc) is 2.01. The molecule has 0 aromatic heterocycles. The summed E-state index contributed by atoms with van der Waals surface area (Å²) in [6, 6.07) is 0. The first-order chi connectivity index (χ1) is 4.98. The van der Waals surface area contributed by atoms with Crippen LogP contribution >= 0.6 is 0 Å². The lowest BCUT2D eigenvalue weighted by Gasteiger charge is -2.23. The van der Waals surface area contributed by atoms with E-state index >= 15 is 0 Å². The maximum absolute atomic E-state index is 12.7. The number of halogens is 1. The predicted molar refractivity (Wildman–Crippen MR) is 38.0 cm³/mol. The molecule has 11 heavy (non-hydrogen) atoms. The maximum atomic E-state index is 12.7. The van der Waals surface area contributed by atoms with Crippen LogP contribution in [0.1, 0.15) is 13.3 Å². The van der Waals surface area contributed by atoms with Gasteiger partial charge in [0.05, 0.1) is 0 Å². The van der Waals surface area contributed by atoms with E-state index in [2.05, 4.69) is 6.58 Å². The van der Waals surface area contributed by atoms with Gasteiger partial charge in [0.15, 0.2) is 0 Å². The number of hydrogen-bond acceptors (Lipinski definition) is 2. The van der Waals surface area contributed by atoms with Crippen LogP contribution in [0.25, 0.3) is 0 Å². The van der Waals surface area contributed by atoms with E-state index in [1.807, 2.05) is 0 Å². The molecule has 0 fully saturated rings. The number of aliphatic carboxylic acids is 1. The average molecular weight is 162 g/mol. The number of carboxylic acid groups (broad SMARTS) is 1. The number of hydrogen-bond donors (Lipinski definition) is 2. The molecule has 2 N–H and O–H groups in total. The number of rotatable bonds is 4. The lowest BCUT2D eigenvalue weighted by atomic mass is 9.95. The number of carboxylic acids is 1. The van der Waals surface area contributed by atoms with Gasteiger partial charge in [0.2, 0.25) is 6.17 Å². The molecule has 0 heterocycles. The van der Waals surface area contributed by atoms with Crippen molar-refractivity contribution in [2.75, 3.05) is 0 Å². The first-order valence-corrected chi connectivity index (χ1v) is 3.20. The van der Waals surface area contributed by atoms with Gasteiger partial charge in [0.25, 0.3) is 0 Å². The molecule has 0 bridgehead atoms. The van der Waals surface area contributed by atoms with Gasteiger partial charge in [0.1, 0.15) is 5.60 Å². The topological polar surface area (TPSA) is 57.5 Å². The van der Waals surface area contributed by atoms with Gasteiger partial charge in [-0.2, -0.15) is 0 Å². The van der Waals surface area contributed by atoms with E-state index < -0.39 is 17.7 Å². The van der Waals surface area contributed by atoms with E-state index in [9.17, 15) is 14.3 Å². The Morgan fingerprint density at radius 1 is 1.91 bits per heavy atom. The number of carbonyl (C=O) groups is 1. The zero-order chi connectivity index (χ0) is 9.07. The molecule has 2 atom stereocenters. The Morgan fingerprint density at radius 3 is 2.45 bits per heavy atom. The fourth-order valence-electron chi connectivity index (χ4n) is 0.641. The minimum Gasteiger partial charge on any atom is -0.479 e. The minimum absolute atomic E-state index is 0.00995. The molecule has 0 rings (SSSR count). The van der Waals surface area contributed by atoms with Crippen molar-refractivity contribution in [3.8, 4) is 0 Å². The lowest BCUT2D eigenvalue weighted by Crippen LogP contribution is -2.41.